The van der Waals surface area contributed by atoms with Gasteiger partial charge in [-0.1, -0.05) is 18.2 Å². The van der Waals surface area contributed by atoms with Crippen molar-refractivity contribution in [3.63, 3.8) is 0 Å². The van der Waals surface area contributed by atoms with Gasteiger partial charge in [-0.3, -0.25) is 9.59 Å². The van der Waals surface area contributed by atoms with Crippen molar-refractivity contribution in [2.75, 3.05) is 32.7 Å². The maximum atomic E-state index is 12.7. The zero-order valence-electron chi connectivity index (χ0n) is 14.9. The summed E-state index contributed by atoms with van der Waals surface area (Å²) in [5, 5.41) is 3.05. The lowest BCUT2D eigenvalue weighted by atomic mass is 10.0. The van der Waals surface area contributed by atoms with Crippen LogP contribution in [-0.2, 0) is 16.0 Å². The van der Waals surface area contributed by atoms with Crippen LogP contribution in [0.1, 0.15) is 18.4 Å². The van der Waals surface area contributed by atoms with Crippen LogP contribution in [0.3, 0.4) is 0 Å². The quantitative estimate of drug-likeness (QED) is 0.812. The Morgan fingerprint density at radius 2 is 2.07 bits per heavy atom. The number of likely N-dealkylation sites (tertiary alicyclic amines) is 1. The van der Waals surface area contributed by atoms with Gasteiger partial charge in [0.2, 0.25) is 11.8 Å². The smallest absolute Gasteiger partial charge is 0.387 e. The van der Waals surface area contributed by atoms with E-state index in [1.165, 1.54) is 6.07 Å². The number of nitrogens with one attached hydrogen (secondary N) is 1. The fourth-order valence-corrected chi connectivity index (χ4v) is 3.58. The van der Waals surface area contributed by atoms with Gasteiger partial charge in [0.15, 0.2) is 0 Å². The lowest BCUT2D eigenvalue weighted by Crippen LogP contribution is -2.57. The molecular weight excluding hydrogens is 380 g/mol. The monoisotopic (exact) mass is 403 g/mol. The van der Waals surface area contributed by atoms with Crippen molar-refractivity contribution in [3.8, 4) is 5.75 Å². The predicted octanol–water partition coefficient (Wildman–Crippen LogP) is 1.68. The van der Waals surface area contributed by atoms with E-state index in [2.05, 4.69) is 10.1 Å². The Balaban J connectivity index is 0.00000261. The van der Waals surface area contributed by atoms with Crippen LogP contribution in [0, 0.1) is 0 Å². The molecule has 2 heterocycles. The standard InChI is InChI=1S/C18H23F2N3O3.ClH/c19-18(20)26-15-6-2-1-4-13(15)10-16(24)22-8-3-5-14(12-22)23-9-7-21-11-17(23)25;/h1-2,4,6,14,18,21H,3,5,7-12H2;1H. The van der Waals surface area contributed by atoms with Crippen LogP contribution in [0.2, 0.25) is 0 Å². The number of benzene rings is 1. The number of amides is 2. The van der Waals surface area contributed by atoms with E-state index in [9.17, 15) is 18.4 Å². The first kappa shape index (κ1) is 21.4. The van der Waals surface area contributed by atoms with E-state index in [1.54, 1.807) is 23.1 Å². The predicted molar refractivity (Wildman–Crippen MR) is 98.2 cm³/mol. The number of hydrogen-bond donors (Lipinski definition) is 1. The van der Waals surface area contributed by atoms with Gasteiger partial charge in [-0.05, 0) is 18.9 Å². The van der Waals surface area contributed by atoms with Gasteiger partial charge < -0.3 is 19.9 Å². The highest BCUT2D eigenvalue weighted by Gasteiger charge is 2.31. The first-order valence-electron chi connectivity index (χ1n) is 8.85. The molecule has 2 saturated heterocycles. The molecule has 2 aliphatic heterocycles. The molecular formula is C18H24ClF2N3O3. The van der Waals surface area contributed by atoms with E-state index in [1.807, 2.05) is 4.90 Å². The minimum Gasteiger partial charge on any atom is -0.435 e. The van der Waals surface area contributed by atoms with Crippen molar-refractivity contribution >= 4 is 24.2 Å². The summed E-state index contributed by atoms with van der Waals surface area (Å²) >= 11 is 0. The SMILES string of the molecule is Cl.O=C(Cc1ccccc1OC(F)F)N1CCCC(N2CCNCC2=O)C1. The third kappa shape index (κ3) is 5.52. The molecule has 2 amide bonds. The molecule has 1 N–H and O–H groups in total. The number of halogens is 3. The maximum Gasteiger partial charge on any atom is 0.387 e. The van der Waals surface area contributed by atoms with Crippen LogP contribution in [0.15, 0.2) is 24.3 Å². The number of nitrogens with zero attached hydrogens (tertiary/aromatic N) is 2. The molecule has 0 aliphatic carbocycles. The van der Waals surface area contributed by atoms with Gasteiger partial charge in [-0.25, -0.2) is 0 Å². The molecule has 27 heavy (non-hydrogen) atoms. The summed E-state index contributed by atoms with van der Waals surface area (Å²) < 4.78 is 29.6. The zero-order valence-corrected chi connectivity index (χ0v) is 15.7. The molecule has 1 atom stereocenters. The lowest BCUT2D eigenvalue weighted by molar-refractivity contribution is -0.140. The number of carbonyl (C=O) groups excluding carboxylic acids is 2. The van der Waals surface area contributed by atoms with Gasteiger partial charge >= 0.3 is 6.61 Å². The van der Waals surface area contributed by atoms with Crippen LogP contribution in [-0.4, -0.2) is 67.0 Å². The Labute approximate surface area is 163 Å². The first-order chi connectivity index (χ1) is 12.5. The van der Waals surface area contributed by atoms with Crippen LogP contribution in [0.4, 0.5) is 8.78 Å². The molecule has 9 heteroatoms. The highest BCUT2D eigenvalue weighted by molar-refractivity contribution is 5.85. The number of ether oxygens (including phenoxy) is 1. The van der Waals surface area contributed by atoms with Crippen molar-refractivity contribution in [2.24, 2.45) is 0 Å². The Morgan fingerprint density at radius 3 is 2.81 bits per heavy atom. The first-order valence-corrected chi connectivity index (χ1v) is 8.85. The van der Waals surface area contributed by atoms with Crippen LogP contribution >= 0.6 is 12.4 Å². The van der Waals surface area contributed by atoms with E-state index in [0.717, 1.165) is 19.4 Å². The molecule has 3 rings (SSSR count). The molecule has 0 radical (unpaired) electrons. The molecule has 2 aliphatic rings. The Morgan fingerprint density at radius 1 is 1.30 bits per heavy atom. The van der Waals surface area contributed by atoms with Gasteiger partial charge in [0.1, 0.15) is 5.75 Å². The second kappa shape index (κ2) is 9.85. The topological polar surface area (TPSA) is 61.9 Å². The van der Waals surface area contributed by atoms with Crippen molar-refractivity contribution in [1.82, 2.24) is 15.1 Å². The second-order valence-electron chi connectivity index (χ2n) is 6.56. The molecule has 1 aromatic carbocycles. The van der Waals surface area contributed by atoms with Crippen LogP contribution < -0.4 is 10.1 Å². The minimum absolute atomic E-state index is 0. The maximum absolute atomic E-state index is 12.7. The Hall–Kier alpha value is -1.93. The number of alkyl halides is 2. The molecule has 1 unspecified atom stereocenters. The fourth-order valence-electron chi connectivity index (χ4n) is 3.58. The molecule has 150 valence electrons. The summed E-state index contributed by atoms with van der Waals surface area (Å²) in [6.45, 7) is -0.0755. The summed E-state index contributed by atoms with van der Waals surface area (Å²) in [6.07, 6.45) is 1.70. The van der Waals surface area contributed by atoms with E-state index >= 15 is 0 Å². The second-order valence-corrected chi connectivity index (χ2v) is 6.56. The molecule has 6 nitrogen and oxygen atoms in total. The number of piperazine rings is 1. The van der Waals surface area contributed by atoms with Gasteiger partial charge in [0.25, 0.3) is 0 Å². The number of carbonyl (C=O) groups is 2. The highest BCUT2D eigenvalue weighted by Crippen LogP contribution is 2.23. The van der Waals surface area contributed by atoms with E-state index in [0.29, 0.717) is 31.7 Å². The Kier molecular flexibility index (Phi) is 7.79. The third-order valence-corrected chi connectivity index (χ3v) is 4.85. The average Bonchev–Trinajstić information content (AvgIpc) is 2.63. The van der Waals surface area contributed by atoms with Gasteiger partial charge in [0.05, 0.1) is 13.0 Å². The molecule has 0 saturated carbocycles. The number of piperidine rings is 1. The summed E-state index contributed by atoms with van der Waals surface area (Å²) in [4.78, 5) is 28.3. The van der Waals surface area contributed by atoms with E-state index in [-0.39, 0.29) is 42.4 Å². The number of para-hydroxylation sites is 1. The van der Waals surface area contributed by atoms with Crippen molar-refractivity contribution in [1.29, 1.82) is 0 Å². The normalized spacial score (nSPS) is 20.4. The molecule has 0 aromatic heterocycles. The van der Waals surface area contributed by atoms with Gasteiger partial charge in [-0.15, -0.1) is 12.4 Å². The number of rotatable bonds is 5. The molecule has 1 aromatic rings. The average molecular weight is 404 g/mol. The van der Waals surface area contributed by atoms with Crippen molar-refractivity contribution < 1.29 is 23.1 Å². The van der Waals surface area contributed by atoms with Gasteiger partial charge in [-0.2, -0.15) is 8.78 Å². The van der Waals surface area contributed by atoms with Crippen molar-refractivity contribution in [2.45, 2.75) is 31.9 Å². The largest absolute Gasteiger partial charge is 0.435 e. The summed E-state index contributed by atoms with van der Waals surface area (Å²) in [5.74, 6) is -0.0458. The molecule has 2 fully saturated rings. The summed E-state index contributed by atoms with van der Waals surface area (Å²) in [5.41, 5.74) is 0.443. The zero-order chi connectivity index (χ0) is 18.5. The third-order valence-electron chi connectivity index (χ3n) is 4.85. The molecule has 0 bridgehead atoms. The fraction of sp³-hybridized carbons (Fsp3) is 0.556. The summed E-state index contributed by atoms with van der Waals surface area (Å²) in [6, 6.07) is 6.37. The highest BCUT2D eigenvalue weighted by atomic mass is 35.5. The summed E-state index contributed by atoms with van der Waals surface area (Å²) in [7, 11) is 0. The minimum atomic E-state index is -2.93. The van der Waals surface area contributed by atoms with Crippen LogP contribution in [0.25, 0.3) is 0 Å². The van der Waals surface area contributed by atoms with E-state index < -0.39 is 6.61 Å². The van der Waals surface area contributed by atoms with Crippen LogP contribution in [0.5, 0.6) is 5.75 Å². The molecule has 0 spiro atoms. The lowest BCUT2D eigenvalue weighted by Gasteiger charge is -2.41. The Bertz CT molecular complexity index is 662. The van der Waals surface area contributed by atoms with Gasteiger partial charge in [0, 0.05) is 37.8 Å². The van der Waals surface area contributed by atoms with Crippen molar-refractivity contribution in [3.05, 3.63) is 29.8 Å². The van der Waals surface area contributed by atoms with E-state index in [4.69, 9.17) is 0 Å². The number of hydrogen-bond acceptors (Lipinski definition) is 4.